The number of ether oxygens (including phenoxy) is 1. The average Bonchev–Trinajstić information content (AvgIpc) is 1.95. The van der Waals surface area contributed by atoms with E-state index in [1.54, 1.807) is 0 Å². The molecule has 1 aliphatic rings. The van der Waals surface area contributed by atoms with Crippen molar-refractivity contribution in [1.82, 2.24) is 0 Å². The third-order valence-electron chi connectivity index (χ3n) is 2.68. The molecule has 0 atom stereocenters. The molecule has 0 aliphatic heterocycles. The number of aliphatic hydroxyl groups is 1. The first-order valence-electron chi connectivity index (χ1n) is 4.91. The first-order valence-corrected chi connectivity index (χ1v) is 4.91. The van der Waals surface area contributed by atoms with E-state index in [-0.39, 0.29) is 6.61 Å². The number of rotatable bonds is 3. The molecule has 1 fully saturated rings. The van der Waals surface area contributed by atoms with Gasteiger partial charge >= 0.3 is 6.11 Å². The zero-order valence-electron chi connectivity index (χ0n) is 8.94. The van der Waals surface area contributed by atoms with Crippen molar-refractivity contribution in [3.63, 3.8) is 0 Å². The highest BCUT2D eigenvalue weighted by atomic mass is 19.3. The molecule has 0 bridgehead atoms. The topological polar surface area (TPSA) is 29.5 Å². The molecule has 84 valence electrons. The summed E-state index contributed by atoms with van der Waals surface area (Å²) >= 11 is 0. The van der Waals surface area contributed by atoms with E-state index in [2.05, 4.69) is 4.74 Å². The maximum atomic E-state index is 13.3. The highest BCUT2D eigenvalue weighted by molar-refractivity contribution is 4.88. The van der Waals surface area contributed by atoms with Crippen LogP contribution in [0, 0.1) is 5.41 Å². The van der Waals surface area contributed by atoms with Gasteiger partial charge in [0.15, 0.2) is 0 Å². The van der Waals surface area contributed by atoms with Gasteiger partial charge in [0.25, 0.3) is 0 Å². The van der Waals surface area contributed by atoms with Gasteiger partial charge in [-0.05, 0) is 19.3 Å². The molecule has 1 rings (SSSR count). The van der Waals surface area contributed by atoms with Gasteiger partial charge in [-0.2, -0.15) is 8.78 Å². The summed E-state index contributed by atoms with van der Waals surface area (Å²) in [5, 5.41) is 9.58. The minimum atomic E-state index is -3.18. The molecule has 0 aromatic heterocycles. The second-order valence-corrected chi connectivity index (χ2v) is 5.13. The van der Waals surface area contributed by atoms with Crippen molar-refractivity contribution >= 4 is 0 Å². The van der Waals surface area contributed by atoms with E-state index in [9.17, 15) is 13.9 Å². The molecule has 0 heterocycles. The third-order valence-corrected chi connectivity index (χ3v) is 2.68. The Morgan fingerprint density at radius 3 is 2.07 bits per heavy atom. The van der Waals surface area contributed by atoms with Gasteiger partial charge in [0, 0.05) is 0 Å². The molecule has 0 aromatic rings. The van der Waals surface area contributed by atoms with Crippen LogP contribution in [0.1, 0.15) is 40.0 Å². The third kappa shape index (κ3) is 2.42. The quantitative estimate of drug-likeness (QED) is 0.772. The summed E-state index contributed by atoms with van der Waals surface area (Å²) < 4.78 is 31.1. The lowest BCUT2D eigenvalue weighted by Crippen LogP contribution is -2.46. The molecule has 1 saturated carbocycles. The van der Waals surface area contributed by atoms with Crippen molar-refractivity contribution in [3.8, 4) is 0 Å². The zero-order chi connectivity index (χ0) is 11.0. The Labute approximate surface area is 83.3 Å². The summed E-state index contributed by atoms with van der Waals surface area (Å²) in [5.41, 5.74) is -2.23. The van der Waals surface area contributed by atoms with Gasteiger partial charge in [0.05, 0.1) is 17.6 Å². The second kappa shape index (κ2) is 3.42. The minimum Gasteiger partial charge on any atom is -0.387 e. The van der Waals surface area contributed by atoms with Crippen molar-refractivity contribution in [1.29, 1.82) is 0 Å². The van der Waals surface area contributed by atoms with Crippen molar-refractivity contribution in [2.75, 3.05) is 6.61 Å². The lowest BCUT2D eigenvalue weighted by atomic mass is 9.81. The predicted octanol–water partition coefficient (Wildman–Crippen LogP) is 2.56. The summed E-state index contributed by atoms with van der Waals surface area (Å²) in [7, 11) is 0. The Bertz CT molecular complexity index is 205. The molecule has 0 radical (unpaired) electrons. The van der Waals surface area contributed by atoms with Gasteiger partial charge in [-0.25, -0.2) is 0 Å². The SMILES string of the molecule is CC(C)(C)C(F)(F)OCC1(O)CCC1. The van der Waals surface area contributed by atoms with Crippen LogP contribution >= 0.6 is 0 Å². The van der Waals surface area contributed by atoms with Gasteiger partial charge < -0.3 is 9.84 Å². The van der Waals surface area contributed by atoms with Gasteiger partial charge in [0.2, 0.25) is 0 Å². The maximum absolute atomic E-state index is 13.3. The van der Waals surface area contributed by atoms with Crippen LogP contribution in [0.5, 0.6) is 0 Å². The van der Waals surface area contributed by atoms with Gasteiger partial charge in [0.1, 0.15) is 0 Å². The molecule has 0 saturated heterocycles. The van der Waals surface area contributed by atoms with Crippen LogP contribution in [0.3, 0.4) is 0 Å². The molecule has 2 nitrogen and oxygen atoms in total. The van der Waals surface area contributed by atoms with Crippen LogP contribution in [0.25, 0.3) is 0 Å². The summed E-state index contributed by atoms with van der Waals surface area (Å²) in [6.45, 7) is 3.98. The Hall–Kier alpha value is -0.220. The number of halogens is 2. The van der Waals surface area contributed by atoms with E-state index in [1.165, 1.54) is 20.8 Å². The van der Waals surface area contributed by atoms with E-state index in [1.807, 2.05) is 0 Å². The van der Waals surface area contributed by atoms with E-state index >= 15 is 0 Å². The Morgan fingerprint density at radius 2 is 1.79 bits per heavy atom. The average molecular weight is 208 g/mol. The van der Waals surface area contributed by atoms with Crippen LogP contribution in [0.2, 0.25) is 0 Å². The molecule has 1 N–H and O–H groups in total. The molecule has 0 amide bonds. The van der Waals surface area contributed by atoms with E-state index in [0.29, 0.717) is 12.8 Å². The van der Waals surface area contributed by atoms with Crippen molar-refractivity contribution in [3.05, 3.63) is 0 Å². The highest BCUT2D eigenvalue weighted by Crippen LogP contribution is 2.39. The largest absolute Gasteiger partial charge is 0.387 e. The molecular weight excluding hydrogens is 190 g/mol. The van der Waals surface area contributed by atoms with Gasteiger partial charge in [-0.1, -0.05) is 20.8 Å². The summed E-state index contributed by atoms with van der Waals surface area (Å²) in [4.78, 5) is 0. The van der Waals surface area contributed by atoms with Crippen molar-refractivity contribution in [2.24, 2.45) is 5.41 Å². The minimum absolute atomic E-state index is 0.267. The van der Waals surface area contributed by atoms with Gasteiger partial charge in [-0.3, -0.25) is 0 Å². The van der Waals surface area contributed by atoms with Crippen molar-refractivity contribution < 1.29 is 18.6 Å². The zero-order valence-corrected chi connectivity index (χ0v) is 8.94. The number of hydrogen-bond acceptors (Lipinski definition) is 2. The standard InChI is InChI=1S/C10H18F2O2/c1-8(2,3)10(11,12)14-7-9(13)5-4-6-9/h13H,4-7H2,1-3H3. The summed E-state index contributed by atoms with van der Waals surface area (Å²) in [5.74, 6) is 0. The number of alkyl halides is 2. The lowest BCUT2D eigenvalue weighted by Gasteiger charge is -2.39. The Kier molecular flexibility index (Phi) is 2.89. The van der Waals surface area contributed by atoms with E-state index in [4.69, 9.17) is 0 Å². The van der Waals surface area contributed by atoms with E-state index in [0.717, 1.165) is 6.42 Å². The van der Waals surface area contributed by atoms with Crippen LogP contribution < -0.4 is 0 Å². The predicted molar refractivity (Wildman–Crippen MR) is 49.2 cm³/mol. The highest BCUT2D eigenvalue weighted by Gasteiger charge is 2.47. The summed E-state index contributed by atoms with van der Waals surface area (Å²) in [6.07, 6.45) is -1.17. The molecule has 1 aliphatic carbocycles. The van der Waals surface area contributed by atoms with Crippen molar-refractivity contribution in [2.45, 2.75) is 51.7 Å². The lowest BCUT2D eigenvalue weighted by molar-refractivity contribution is -0.314. The molecule has 14 heavy (non-hydrogen) atoms. The fraction of sp³-hybridized carbons (Fsp3) is 1.00. The summed E-state index contributed by atoms with van der Waals surface area (Å²) in [6, 6.07) is 0. The monoisotopic (exact) mass is 208 g/mol. The van der Waals surface area contributed by atoms with Crippen LogP contribution in [-0.2, 0) is 4.74 Å². The Morgan fingerprint density at radius 1 is 1.29 bits per heavy atom. The second-order valence-electron chi connectivity index (χ2n) is 5.13. The Balaban J connectivity index is 2.44. The number of hydrogen-bond donors (Lipinski definition) is 1. The molecule has 0 unspecified atom stereocenters. The fourth-order valence-corrected chi connectivity index (χ4v) is 1.17. The maximum Gasteiger partial charge on any atom is 0.360 e. The normalized spacial score (nSPS) is 21.9. The van der Waals surface area contributed by atoms with Crippen LogP contribution in [0.4, 0.5) is 8.78 Å². The van der Waals surface area contributed by atoms with Crippen LogP contribution in [0.15, 0.2) is 0 Å². The van der Waals surface area contributed by atoms with Crippen LogP contribution in [-0.4, -0.2) is 23.4 Å². The first kappa shape index (κ1) is 11.9. The molecular formula is C10H18F2O2. The van der Waals surface area contributed by atoms with E-state index < -0.39 is 17.1 Å². The first-order chi connectivity index (χ1) is 6.16. The smallest absolute Gasteiger partial charge is 0.360 e. The molecule has 0 aromatic carbocycles. The fourth-order valence-electron chi connectivity index (χ4n) is 1.17. The molecule has 4 heteroatoms. The molecule has 0 spiro atoms. The van der Waals surface area contributed by atoms with Gasteiger partial charge in [-0.15, -0.1) is 0 Å².